The van der Waals surface area contributed by atoms with Gasteiger partial charge < -0.3 is 10.4 Å². The van der Waals surface area contributed by atoms with Gasteiger partial charge in [-0.2, -0.15) is 0 Å². The highest BCUT2D eigenvalue weighted by Crippen LogP contribution is 2.09. The summed E-state index contributed by atoms with van der Waals surface area (Å²) in [6.07, 6.45) is 1.55. The van der Waals surface area contributed by atoms with Gasteiger partial charge in [0.2, 0.25) is 5.91 Å². The Balaban J connectivity index is 2.70. The van der Waals surface area contributed by atoms with Crippen molar-refractivity contribution in [3.63, 3.8) is 0 Å². The number of rotatable bonds is 3. The minimum absolute atomic E-state index is 0.534. The summed E-state index contributed by atoms with van der Waals surface area (Å²) in [5.74, 6) is -2.73. The van der Waals surface area contributed by atoms with Crippen LogP contribution in [0.5, 0.6) is 0 Å². The Morgan fingerprint density at radius 1 is 1.53 bits per heavy atom. The normalized spacial score (nSPS) is 11.9. The molecule has 1 heterocycles. The first-order valence-electron chi connectivity index (χ1n) is 4.47. The molecule has 0 bridgehead atoms. The molecule has 80 valence electrons. The zero-order chi connectivity index (χ0) is 11.4. The number of hydrogen-bond acceptors (Lipinski definition) is 3. The van der Waals surface area contributed by atoms with Crippen LogP contribution in [0, 0.1) is 12.8 Å². The van der Waals surface area contributed by atoms with Crippen LogP contribution in [0.1, 0.15) is 12.6 Å². The molecular formula is C10H12N2O3. The van der Waals surface area contributed by atoms with E-state index >= 15 is 0 Å². The van der Waals surface area contributed by atoms with Crippen LogP contribution in [-0.2, 0) is 9.59 Å². The predicted octanol–water partition coefficient (Wildman–Crippen LogP) is 1.05. The van der Waals surface area contributed by atoms with Crippen molar-refractivity contribution in [2.45, 2.75) is 13.8 Å². The highest BCUT2D eigenvalue weighted by molar-refractivity contribution is 6.03. The Kier molecular flexibility index (Phi) is 3.38. The fourth-order valence-corrected chi connectivity index (χ4v) is 0.986. The van der Waals surface area contributed by atoms with Gasteiger partial charge in [-0.3, -0.25) is 14.6 Å². The van der Waals surface area contributed by atoms with E-state index in [4.69, 9.17) is 5.11 Å². The second-order valence-electron chi connectivity index (χ2n) is 3.24. The highest BCUT2D eigenvalue weighted by Gasteiger charge is 2.20. The van der Waals surface area contributed by atoms with Crippen molar-refractivity contribution in [1.29, 1.82) is 0 Å². The second-order valence-corrected chi connectivity index (χ2v) is 3.24. The Morgan fingerprint density at radius 2 is 2.20 bits per heavy atom. The quantitative estimate of drug-likeness (QED) is 0.727. The summed E-state index contributed by atoms with van der Waals surface area (Å²) >= 11 is 0. The van der Waals surface area contributed by atoms with Gasteiger partial charge in [0.25, 0.3) is 0 Å². The Morgan fingerprint density at radius 3 is 2.73 bits per heavy atom. The number of carbonyl (C=O) groups is 2. The minimum atomic E-state index is -1.14. The van der Waals surface area contributed by atoms with E-state index in [-0.39, 0.29) is 0 Å². The first kappa shape index (κ1) is 11.2. The zero-order valence-corrected chi connectivity index (χ0v) is 8.52. The van der Waals surface area contributed by atoms with E-state index < -0.39 is 17.8 Å². The van der Waals surface area contributed by atoms with Gasteiger partial charge in [-0.15, -0.1) is 0 Å². The van der Waals surface area contributed by atoms with Crippen LogP contribution in [0.15, 0.2) is 18.3 Å². The van der Waals surface area contributed by atoms with E-state index in [9.17, 15) is 9.59 Å². The van der Waals surface area contributed by atoms with Gasteiger partial charge in [-0.1, -0.05) is 0 Å². The van der Waals surface area contributed by atoms with Crippen molar-refractivity contribution in [2.75, 3.05) is 5.32 Å². The van der Waals surface area contributed by atoms with E-state index in [1.807, 2.05) is 0 Å². The number of carboxylic acids is 1. The molecule has 5 nitrogen and oxygen atoms in total. The van der Waals surface area contributed by atoms with Crippen LogP contribution in [0.3, 0.4) is 0 Å². The van der Waals surface area contributed by atoms with Gasteiger partial charge in [0, 0.05) is 17.6 Å². The van der Waals surface area contributed by atoms with E-state index in [1.165, 1.54) is 6.92 Å². The van der Waals surface area contributed by atoms with Crippen molar-refractivity contribution in [1.82, 2.24) is 4.98 Å². The summed E-state index contributed by atoms with van der Waals surface area (Å²) in [5.41, 5.74) is 1.32. The summed E-state index contributed by atoms with van der Waals surface area (Å²) in [5, 5.41) is 11.1. The molecule has 1 aromatic rings. The van der Waals surface area contributed by atoms with Gasteiger partial charge in [-0.25, -0.2) is 0 Å². The average molecular weight is 208 g/mol. The number of aliphatic carboxylic acids is 1. The monoisotopic (exact) mass is 208 g/mol. The maximum Gasteiger partial charge on any atom is 0.315 e. The van der Waals surface area contributed by atoms with Crippen LogP contribution in [0.2, 0.25) is 0 Å². The number of carboxylic acid groups (broad SMARTS) is 1. The van der Waals surface area contributed by atoms with Gasteiger partial charge >= 0.3 is 5.97 Å². The fraction of sp³-hybridized carbons (Fsp3) is 0.300. The van der Waals surface area contributed by atoms with Crippen LogP contribution in [0.25, 0.3) is 0 Å². The van der Waals surface area contributed by atoms with Crippen molar-refractivity contribution >= 4 is 17.6 Å². The maximum atomic E-state index is 11.4. The summed E-state index contributed by atoms with van der Waals surface area (Å²) in [4.78, 5) is 25.8. The summed E-state index contributed by atoms with van der Waals surface area (Å²) in [6, 6.07) is 3.28. The number of aryl methyl sites for hydroxylation is 1. The molecule has 0 radical (unpaired) electrons. The molecule has 2 N–H and O–H groups in total. The van der Waals surface area contributed by atoms with Crippen molar-refractivity contribution in [3.05, 3.63) is 24.0 Å². The molecule has 15 heavy (non-hydrogen) atoms. The number of aromatic nitrogens is 1. The highest BCUT2D eigenvalue weighted by atomic mass is 16.4. The van der Waals surface area contributed by atoms with E-state index in [0.29, 0.717) is 5.69 Å². The Hall–Kier alpha value is -1.91. The number of pyridine rings is 1. The van der Waals surface area contributed by atoms with Gasteiger partial charge in [0.15, 0.2) is 0 Å². The molecule has 0 saturated heterocycles. The van der Waals surface area contributed by atoms with E-state index in [2.05, 4.69) is 10.3 Å². The largest absolute Gasteiger partial charge is 0.481 e. The topological polar surface area (TPSA) is 79.3 Å². The van der Waals surface area contributed by atoms with Crippen molar-refractivity contribution in [2.24, 2.45) is 5.92 Å². The standard InChI is InChI=1S/C10H12N2O3/c1-6-5-8(3-4-11-6)12-9(13)7(2)10(14)15/h3-5,7H,1-2H3,(H,14,15)(H,11,12,13). The van der Waals surface area contributed by atoms with Crippen molar-refractivity contribution in [3.8, 4) is 0 Å². The Labute approximate surface area is 87.1 Å². The lowest BCUT2D eigenvalue weighted by molar-refractivity contribution is -0.144. The Bertz CT molecular complexity index is 390. The molecule has 0 fully saturated rings. The number of nitrogens with one attached hydrogen (secondary N) is 1. The lowest BCUT2D eigenvalue weighted by Gasteiger charge is -2.08. The van der Waals surface area contributed by atoms with E-state index in [1.54, 1.807) is 25.3 Å². The van der Waals surface area contributed by atoms with Gasteiger partial charge in [0.05, 0.1) is 0 Å². The fourth-order valence-electron chi connectivity index (χ4n) is 0.986. The van der Waals surface area contributed by atoms with Crippen LogP contribution >= 0.6 is 0 Å². The maximum absolute atomic E-state index is 11.4. The SMILES string of the molecule is Cc1cc(NC(=O)C(C)C(=O)O)ccn1. The molecule has 0 aliphatic heterocycles. The van der Waals surface area contributed by atoms with Crippen molar-refractivity contribution < 1.29 is 14.7 Å². The molecule has 1 unspecified atom stereocenters. The molecular weight excluding hydrogens is 196 g/mol. The minimum Gasteiger partial charge on any atom is -0.481 e. The molecule has 0 aromatic carbocycles. The molecule has 1 atom stereocenters. The third-order valence-electron chi connectivity index (χ3n) is 1.93. The number of amides is 1. The summed E-state index contributed by atoms with van der Waals surface area (Å²) in [7, 11) is 0. The van der Waals surface area contributed by atoms with E-state index in [0.717, 1.165) is 5.69 Å². The molecule has 1 rings (SSSR count). The molecule has 5 heteroatoms. The zero-order valence-electron chi connectivity index (χ0n) is 8.52. The smallest absolute Gasteiger partial charge is 0.315 e. The molecule has 0 saturated carbocycles. The number of nitrogens with zero attached hydrogens (tertiary/aromatic N) is 1. The van der Waals surface area contributed by atoms with Gasteiger partial charge in [0.1, 0.15) is 5.92 Å². The predicted molar refractivity (Wildman–Crippen MR) is 54.4 cm³/mol. The lowest BCUT2D eigenvalue weighted by atomic mass is 10.1. The molecule has 1 amide bonds. The van der Waals surface area contributed by atoms with Crippen LogP contribution < -0.4 is 5.32 Å². The molecule has 0 aliphatic rings. The van der Waals surface area contributed by atoms with Gasteiger partial charge in [-0.05, 0) is 26.0 Å². The molecule has 1 aromatic heterocycles. The van der Waals surface area contributed by atoms with Crippen LogP contribution in [0.4, 0.5) is 5.69 Å². The first-order chi connectivity index (χ1) is 7.00. The lowest BCUT2D eigenvalue weighted by Crippen LogP contribution is -2.26. The number of hydrogen-bond donors (Lipinski definition) is 2. The number of carbonyl (C=O) groups excluding carboxylic acids is 1. The molecule has 0 spiro atoms. The summed E-state index contributed by atoms with van der Waals surface area (Å²) < 4.78 is 0. The number of anilines is 1. The van der Waals surface area contributed by atoms with Crippen LogP contribution in [-0.4, -0.2) is 22.0 Å². The third-order valence-corrected chi connectivity index (χ3v) is 1.93. The third kappa shape index (κ3) is 3.05. The summed E-state index contributed by atoms with van der Waals surface area (Å²) in [6.45, 7) is 3.13. The first-order valence-corrected chi connectivity index (χ1v) is 4.47. The average Bonchev–Trinajstić information content (AvgIpc) is 2.16. The molecule has 0 aliphatic carbocycles. The second kappa shape index (κ2) is 4.54.